The predicted molar refractivity (Wildman–Crippen MR) is 37.6 cm³/mol. The van der Waals surface area contributed by atoms with Gasteiger partial charge in [0.15, 0.2) is 0 Å². The van der Waals surface area contributed by atoms with E-state index >= 15 is 0 Å². The molecule has 1 radical (unpaired) electrons. The van der Waals surface area contributed by atoms with Crippen molar-refractivity contribution in [2.45, 2.75) is 13.8 Å². The van der Waals surface area contributed by atoms with Crippen LogP contribution in [0, 0.1) is 49.4 Å². The molecule has 1 rings (SSSR count). The van der Waals surface area contributed by atoms with Crippen LogP contribution in [0.3, 0.4) is 0 Å². The van der Waals surface area contributed by atoms with Gasteiger partial charge in [-0.25, -0.2) is 0 Å². The number of para-hydroxylation sites is 1. The Balaban J connectivity index is 0.000000810. The molecule has 0 saturated carbocycles. The monoisotopic (exact) mass is 261 g/mol. The number of benzene rings is 1. The molecule has 0 atom stereocenters. The van der Waals surface area contributed by atoms with E-state index in [4.69, 9.17) is 0 Å². The minimum Gasteiger partial charge on any atom is -0.507 e. The van der Waals surface area contributed by atoms with Gasteiger partial charge >= 0.3 is 0 Å². The summed E-state index contributed by atoms with van der Waals surface area (Å²) in [6.45, 7) is 3.78. The fourth-order valence-electron chi connectivity index (χ4n) is 0.806. The Morgan fingerprint density at radius 1 is 1.10 bits per heavy atom. The molecule has 0 heterocycles. The van der Waals surface area contributed by atoms with Gasteiger partial charge in [-0.1, -0.05) is 18.2 Å². The summed E-state index contributed by atoms with van der Waals surface area (Å²) in [7, 11) is 0. The minimum atomic E-state index is 0. The molecule has 1 aromatic rings. The number of aromatic hydroxyl groups is 1. The van der Waals surface area contributed by atoms with Gasteiger partial charge in [-0.15, -0.1) is 0 Å². The smallest absolute Gasteiger partial charge is 0.121 e. The molecule has 0 amide bonds. The molecule has 0 bridgehead atoms. The molecule has 0 aliphatic heterocycles. The molecule has 1 aromatic carbocycles. The second kappa shape index (κ2) is 4.17. The van der Waals surface area contributed by atoms with Crippen LogP contribution in [0.4, 0.5) is 0 Å². The molecule has 1 N–H and O–H groups in total. The van der Waals surface area contributed by atoms with E-state index in [1.807, 2.05) is 32.0 Å². The van der Waals surface area contributed by atoms with Gasteiger partial charge in [-0.05, 0) is 25.0 Å². The summed E-state index contributed by atoms with van der Waals surface area (Å²) in [6.07, 6.45) is 0. The molecule has 1 nitrogen and oxygen atoms in total. The third-order valence-electron chi connectivity index (χ3n) is 1.44. The number of rotatable bonds is 0. The van der Waals surface area contributed by atoms with E-state index in [0.717, 1.165) is 11.1 Å². The first kappa shape index (κ1) is 10.2. The van der Waals surface area contributed by atoms with E-state index in [2.05, 4.69) is 0 Å². The van der Waals surface area contributed by atoms with Crippen LogP contribution >= 0.6 is 0 Å². The summed E-state index contributed by atoms with van der Waals surface area (Å²) >= 11 is 0. The summed E-state index contributed by atoms with van der Waals surface area (Å²) in [5.41, 5.74) is 1.88. The van der Waals surface area contributed by atoms with Crippen LogP contribution < -0.4 is 0 Å². The van der Waals surface area contributed by atoms with Crippen LogP contribution in [-0.2, 0) is 0 Å². The standard InChI is InChI=1S/C8H10O.La/c1-6-4-3-5-7(2)8(6)9;/h3-5,9H,1-2H3;. The van der Waals surface area contributed by atoms with Crippen molar-refractivity contribution in [2.75, 3.05) is 0 Å². The number of hydrogen-bond donors (Lipinski definition) is 1. The first-order valence-corrected chi connectivity index (χ1v) is 2.97. The summed E-state index contributed by atoms with van der Waals surface area (Å²) in [4.78, 5) is 0. The third-order valence-corrected chi connectivity index (χ3v) is 1.44. The van der Waals surface area contributed by atoms with E-state index in [1.54, 1.807) is 0 Å². The van der Waals surface area contributed by atoms with Crippen molar-refractivity contribution >= 4 is 0 Å². The minimum absolute atomic E-state index is 0. The van der Waals surface area contributed by atoms with Crippen molar-refractivity contribution < 1.29 is 40.7 Å². The molecule has 0 aromatic heterocycles. The molecule has 0 saturated heterocycles. The summed E-state index contributed by atoms with van der Waals surface area (Å²) in [5.74, 6) is 0.414. The topological polar surface area (TPSA) is 20.2 Å². The quantitative estimate of drug-likeness (QED) is 0.757. The van der Waals surface area contributed by atoms with E-state index < -0.39 is 0 Å². The number of phenolic OH excluding ortho intramolecular Hbond substituents is 1. The first-order valence-electron chi connectivity index (χ1n) is 2.97. The van der Waals surface area contributed by atoms with Crippen LogP contribution in [-0.4, -0.2) is 5.11 Å². The van der Waals surface area contributed by atoms with E-state index in [1.165, 1.54) is 0 Å². The van der Waals surface area contributed by atoms with Gasteiger partial charge in [-0.3, -0.25) is 0 Å². The second-order valence-electron chi connectivity index (χ2n) is 2.24. The average molecular weight is 261 g/mol. The van der Waals surface area contributed by atoms with Gasteiger partial charge in [-0.2, -0.15) is 0 Å². The summed E-state index contributed by atoms with van der Waals surface area (Å²) in [6, 6.07) is 5.72. The average Bonchev–Trinajstić information content (AvgIpc) is 1.83. The summed E-state index contributed by atoms with van der Waals surface area (Å²) in [5, 5.41) is 9.21. The summed E-state index contributed by atoms with van der Waals surface area (Å²) < 4.78 is 0. The van der Waals surface area contributed by atoms with Crippen LogP contribution in [0.5, 0.6) is 5.75 Å². The van der Waals surface area contributed by atoms with Crippen LogP contribution in [0.25, 0.3) is 0 Å². The maximum Gasteiger partial charge on any atom is 0.121 e. The van der Waals surface area contributed by atoms with Gasteiger partial charge in [0.05, 0.1) is 0 Å². The first-order chi connectivity index (χ1) is 4.22. The maximum absolute atomic E-state index is 9.21. The Morgan fingerprint density at radius 2 is 1.50 bits per heavy atom. The number of phenols is 1. The fraction of sp³-hybridized carbons (Fsp3) is 0.250. The van der Waals surface area contributed by atoms with Crippen molar-refractivity contribution in [3.05, 3.63) is 29.3 Å². The molecule has 0 aliphatic rings. The van der Waals surface area contributed by atoms with Gasteiger partial charge in [0, 0.05) is 35.6 Å². The van der Waals surface area contributed by atoms with Gasteiger partial charge in [0.25, 0.3) is 0 Å². The zero-order chi connectivity index (χ0) is 6.85. The molecule has 0 fully saturated rings. The van der Waals surface area contributed by atoms with E-state index in [-0.39, 0.29) is 35.6 Å². The Kier molecular flexibility index (Phi) is 4.26. The van der Waals surface area contributed by atoms with Crippen LogP contribution in [0.1, 0.15) is 11.1 Å². The van der Waals surface area contributed by atoms with Crippen LogP contribution in [0.15, 0.2) is 18.2 Å². The van der Waals surface area contributed by atoms with Crippen molar-refractivity contribution in [2.24, 2.45) is 0 Å². The Morgan fingerprint density at radius 3 is 1.80 bits per heavy atom. The van der Waals surface area contributed by atoms with Gasteiger partial charge < -0.3 is 5.11 Å². The van der Waals surface area contributed by atoms with Crippen molar-refractivity contribution in [3.63, 3.8) is 0 Å². The molecule has 2 heteroatoms. The molecule has 0 unspecified atom stereocenters. The normalized spacial score (nSPS) is 8.60. The van der Waals surface area contributed by atoms with E-state index in [9.17, 15) is 5.11 Å². The van der Waals surface area contributed by atoms with E-state index in [0.29, 0.717) is 5.75 Å². The Bertz CT molecular complexity index is 200. The zero-order valence-electron chi connectivity index (χ0n) is 6.26. The molecule has 51 valence electrons. The van der Waals surface area contributed by atoms with Crippen molar-refractivity contribution in [3.8, 4) is 5.75 Å². The Hall–Kier alpha value is 0.215. The van der Waals surface area contributed by atoms with Gasteiger partial charge in [0.1, 0.15) is 5.75 Å². The fourth-order valence-corrected chi connectivity index (χ4v) is 0.806. The Labute approximate surface area is 89.1 Å². The zero-order valence-corrected chi connectivity index (χ0v) is 9.88. The maximum atomic E-state index is 9.21. The van der Waals surface area contributed by atoms with Crippen molar-refractivity contribution in [1.82, 2.24) is 0 Å². The largest absolute Gasteiger partial charge is 0.507 e. The molecule has 0 spiro atoms. The van der Waals surface area contributed by atoms with Crippen LogP contribution in [0.2, 0.25) is 0 Å². The molecular weight excluding hydrogens is 251 g/mol. The molecular formula is C8H10LaO. The predicted octanol–water partition coefficient (Wildman–Crippen LogP) is 2.01. The second-order valence-corrected chi connectivity index (χ2v) is 2.24. The molecule has 0 aliphatic carbocycles. The number of hydrogen-bond acceptors (Lipinski definition) is 1. The molecule has 10 heavy (non-hydrogen) atoms. The van der Waals surface area contributed by atoms with Gasteiger partial charge in [0.2, 0.25) is 0 Å². The number of aryl methyl sites for hydroxylation is 2. The van der Waals surface area contributed by atoms with Crippen molar-refractivity contribution in [1.29, 1.82) is 0 Å². The SMILES string of the molecule is Cc1cccc(C)c1O.[La]. The third kappa shape index (κ3) is 2.12.